The van der Waals surface area contributed by atoms with Crippen molar-refractivity contribution in [2.24, 2.45) is 10.9 Å². The lowest BCUT2D eigenvalue weighted by Gasteiger charge is -2.32. The summed E-state index contributed by atoms with van der Waals surface area (Å²) in [5.74, 6) is 1.07. The molecule has 0 saturated carbocycles. The van der Waals surface area contributed by atoms with Gasteiger partial charge in [-0.1, -0.05) is 55.8 Å². The lowest BCUT2D eigenvalue weighted by Crippen LogP contribution is -2.51. The van der Waals surface area contributed by atoms with Crippen molar-refractivity contribution in [1.29, 1.82) is 0 Å². The summed E-state index contributed by atoms with van der Waals surface area (Å²) in [6.45, 7) is 6.13. The van der Waals surface area contributed by atoms with Gasteiger partial charge in [-0.15, -0.1) is 0 Å². The van der Waals surface area contributed by atoms with Crippen molar-refractivity contribution in [2.45, 2.75) is 26.4 Å². The Morgan fingerprint density at radius 1 is 1.15 bits per heavy atom. The molecule has 0 fully saturated rings. The van der Waals surface area contributed by atoms with Crippen LogP contribution in [0.1, 0.15) is 25.0 Å². The Balaban J connectivity index is 1.75. The molecule has 1 aliphatic heterocycles. The topological polar surface area (TPSA) is 44.7 Å². The fourth-order valence-corrected chi connectivity index (χ4v) is 3.41. The van der Waals surface area contributed by atoms with E-state index >= 15 is 0 Å². The Hall–Kier alpha value is -2.33. The number of amides is 1. The van der Waals surface area contributed by atoms with E-state index in [1.165, 1.54) is 0 Å². The van der Waals surface area contributed by atoms with Gasteiger partial charge in [0.25, 0.3) is 0 Å². The van der Waals surface area contributed by atoms with Crippen LogP contribution >= 0.6 is 11.6 Å². The van der Waals surface area contributed by atoms with Gasteiger partial charge in [0.05, 0.1) is 6.54 Å². The summed E-state index contributed by atoms with van der Waals surface area (Å²) in [6, 6.07) is 17.3. The predicted octanol–water partition coefficient (Wildman–Crippen LogP) is 3.74. The first-order valence-corrected chi connectivity index (χ1v) is 9.32. The van der Waals surface area contributed by atoms with Gasteiger partial charge < -0.3 is 10.2 Å². The highest BCUT2D eigenvalue weighted by Gasteiger charge is 2.33. The molecule has 2 aromatic rings. The minimum absolute atomic E-state index is 0.0346. The van der Waals surface area contributed by atoms with E-state index in [9.17, 15) is 4.79 Å². The number of aliphatic imine (C=N–C) groups is 1. The molecule has 0 bridgehead atoms. The van der Waals surface area contributed by atoms with E-state index in [2.05, 4.69) is 29.1 Å². The van der Waals surface area contributed by atoms with Gasteiger partial charge in [0, 0.05) is 23.7 Å². The molecule has 0 aromatic heterocycles. The number of carbonyl (C=O) groups is 1. The van der Waals surface area contributed by atoms with Crippen LogP contribution in [0.5, 0.6) is 0 Å². The van der Waals surface area contributed by atoms with E-state index in [0.717, 1.165) is 23.5 Å². The van der Waals surface area contributed by atoms with Gasteiger partial charge in [-0.05, 0) is 35.7 Å². The average molecular weight is 370 g/mol. The van der Waals surface area contributed by atoms with Crippen molar-refractivity contribution < 1.29 is 4.79 Å². The molecule has 0 radical (unpaired) electrons. The second-order valence-corrected chi connectivity index (χ2v) is 7.23. The first-order chi connectivity index (χ1) is 12.6. The lowest BCUT2D eigenvalue weighted by molar-refractivity contribution is -0.126. The molecule has 0 saturated heterocycles. The summed E-state index contributed by atoms with van der Waals surface area (Å²) < 4.78 is 0. The van der Waals surface area contributed by atoms with Gasteiger partial charge in [-0.3, -0.25) is 9.79 Å². The molecule has 5 heteroatoms. The number of benzene rings is 2. The summed E-state index contributed by atoms with van der Waals surface area (Å²) in [5, 5.41) is 3.78. The molecule has 26 heavy (non-hydrogen) atoms. The van der Waals surface area contributed by atoms with E-state index in [1.54, 1.807) is 0 Å². The van der Waals surface area contributed by atoms with E-state index in [1.807, 2.05) is 54.6 Å². The number of halogens is 1. The second-order valence-electron chi connectivity index (χ2n) is 6.80. The standard InChI is InChI=1S/C21H24ClN3O/c1-15(2)19(21(26)24-14-16-6-4-3-5-7-16)25-13-12-23-20(25)17-8-10-18(22)11-9-17/h3-11,15,19H,12-14H2,1-2H3,(H,24,26). The van der Waals surface area contributed by atoms with Crippen LogP contribution in [-0.2, 0) is 11.3 Å². The zero-order valence-corrected chi connectivity index (χ0v) is 15.9. The van der Waals surface area contributed by atoms with Gasteiger partial charge in [0.15, 0.2) is 0 Å². The largest absolute Gasteiger partial charge is 0.350 e. The molecule has 1 amide bonds. The molecular formula is C21H24ClN3O. The van der Waals surface area contributed by atoms with Gasteiger partial charge in [-0.25, -0.2) is 0 Å². The third-order valence-corrected chi connectivity index (χ3v) is 4.77. The maximum Gasteiger partial charge on any atom is 0.243 e. The smallest absolute Gasteiger partial charge is 0.243 e. The molecule has 1 heterocycles. The third-order valence-electron chi connectivity index (χ3n) is 4.52. The quantitative estimate of drug-likeness (QED) is 0.842. The van der Waals surface area contributed by atoms with Crippen LogP contribution < -0.4 is 5.32 Å². The van der Waals surface area contributed by atoms with Crippen molar-refractivity contribution in [2.75, 3.05) is 13.1 Å². The molecule has 2 aromatic carbocycles. The molecule has 1 aliphatic rings. The number of rotatable bonds is 6. The summed E-state index contributed by atoms with van der Waals surface area (Å²) in [6.07, 6.45) is 0. The Morgan fingerprint density at radius 2 is 1.85 bits per heavy atom. The number of amidine groups is 1. The van der Waals surface area contributed by atoms with Crippen molar-refractivity contribution in [3.63, 3.8) is 0 Å². The van der Waals surface area contributed by atoms with Crippen LogP contribution in [0.3, 0.4) is 0 Å². The predicted molar refractivity (Wildman–Crippen MR) is 106 cm³/mol. The van der Waals surface area contributed by atoms with E-state index in [-0.39, 0.29) is 17.9 Å². The number of hydrogen-bond acceptors (Lipinski definition) is 3. The maximum absolute atomic E-state index is 12.9. The molecule has 0 aliphatic carbocycles. The van der Waals surface area contributed by atoms with Gasteiger partial charge >= 0.3 is 0 Å². The minimum Gasteiger partial charge on any atom is -0.350 e. The van der Waals surface area contributed by atoms with Crippen LogP contribution in [0.25, 0.3) is 0 Å². The molecule has 4 nitrogen and oxygen atoms in total. The minimum atomic E-state index is -0.254. The Bertz CT molecular complexity index is 772. The van der Waals surface area contributed by atoms with Crippen molar-refractivity contribution in [3.05, 3.63) is 70.7 Å². The molecule has 3 rings (SSSR count). The monoisotopic (exact) mass is 369 g/mol. The van der Waals surface area contributed by atoms with Gasteiger partial charge in [0.1, 0.15) is 11.9 Å². The van der Waals surface area contributed by atoms with E-state index in [0.29, 0.717) is 18.1 Å². The summed E-state index contributed by atoms with van der Waals surface area (Å²) in [7, 11) is 0. The van der Waals surface area contributed by atoms with Crippen LogP contribution in [0.2, 0.25) is 5.02 Å². The van der Waals surface area contributed by atoms with Crippen molar-refractivity contribution in [1.82, 2.24) is 10.2 Å². The SMILES string of the molecule is CC(C)C(C(=O)NCc1ccccc1)N1CCN=C1c1ccc(Cl)cc1. The first-order valence-electron chi connectivity index (χ1n) is 8.95. The normalized spacial score (nSPS) is 15.1. The van der Waals surface area contributed by atoms with Crippen LogP contribution in [0.15, 0.2) is 59.6 Å². The zero-order chi connectivity index (χ0) is 18.5. The fourth-order valence-electron chi connectivity index (χ4n) is 3.28. The summed E-state index contributed by atoms with van der Waals surface area (Å²) >= 11 is 6.00. The van der Waals surface area contributed by atoms with Crippen molar-refractivity contribution in [3.8, 4) is 0 Å². The molecular weight excluding hydrogens is 346 g/mol. The van der Waals surface area contributed by atoms with Crippen LogP contribution in [-0.4, -0.2) is 35.8 Å². The van der Waals surface area contributed by atoms with Crippen molar-refractivity contribution >= 4 is 23.3 Å². The lowest BCUT2D eigenvalue weighted by atomic mass is 10.00. The molecule has 0 spiro atoms. The zero-order valence-electron chi connectivity index (χ0n) is 15.2. The van der Waals surface area contributed by atoms with E-state index in [4.69, 9.17) is 11.6 Å². The van der Waals surface area contributed by atoms with Crippen LogP contribution in [0, 0.1) is 5.92 Å². The molecule has 136 valence electrons. The molecule has 1 atom stereocenters. The summed E-state index contributed by atoms with van der Waals surface area (Å²) in [5.41, 5.74) is 2.09. The van der Waals surface area contributed by atoms with Crippen LogP contribution in [0.4, 0.5) is 0 Å². The first kappa shape index (κ1) is 18.5. The molecule has 1 N–H and O–H groups in total. The highest BCUT2D eigenvalue weighted by molar-refractivity contribution is 6.30. The number of hydrogen-bond donors (Lipinski definition) is 1. The fraction of sp³-hybridized carbons (Fsp3) is 0.333. The highest BCUT2D eigenvalue weighted by atomic mass is 35.5. The molecule has 1 unspecified atom stereocenters. The maximum atomic E-state index is 12.9. The number of nitrogens with one attached hydrogen (secondary N) is 1. The average Bonchev–Trinajstić information content (AvgIpc) is 3.10. The Kier molecular flexibility index (Phi) is 5.94. The highest BCUT2D eigenvalue weighted by Crippen LogP contribution is 2.21. The Morgan fingerprint density at radius 3 is 2.50 bits per heavy atom. The number of nitrogens with zero attached hydrogens (tertiary/aromatic N) is 2. The number of carbonyl (C=O) groups excluding carboxylic acids is 1. The van der Waals surface area contributed by atoms with E-state index < -0.39 is 0 Å². The second kappa shape index (κ2) is 8.37. The van der Waals surface area contributed by atoms with Gasteiger partial charge in [0.2, 0.25) is 5.91 Å². The summed E-state index contributed by atoms with van der Waals surface area (Å²) in [4.78, 5) is 19.7. The Labute approximate surface area is 159 Å². The third kappa shape index (κ3) is 4.25. The van der Waals surface area contributed by atoms with Gasteiger partial charge in [-0.2, -0.15) is 0 Å².